The number of carbonyl (C=O) groups excluding carboxylic acids is 1. The summed E-state index contributed by atoms with van der Waals surface area (Å²) in [6, 6.07) is 0. The van der Waals surface area contributed by atoms with Crippen LogP contribution in [0.4, 0.5) is 0 Å². The van der Waals surface area contributed by atoms with Crippen LogP contribution in [-0.4, -0.2) is 11.6 Å². The third-order valence-electron chi connectivity index (χ3n) is 1.75. The molecule has 49 valence electrons. The van der Waals surface area contributed by atoms with Gasteiger partial charge in [0.2, 0.25) is 0 Å². The van der Waals surface area contributed by atoms with Crippen LogP contribution in [0.25, 0.3) is 0 Å². The first-order valence-corrected chi connectivity index (χ1v) is 3.32. The molecule has 2 nitrogen and oxygen atoms in total. The molecule has 0 saturated carbocycles. The first-order valence-electron chi connectivity index (χ1n) is 3.32. The average molecular weight is 133 g/mol. The summed E-state index contributed by atoms with van der Waals surface area (Å²) in [7, 11) is 0. The Morgan fingerprint density at radius 2 is 2.40 bits per heavy atom. The van der Waals surface area contributed by atoms with Gasteiger partial charge >= 0.3 is 5.91 Å². The minimum atomic E-state index is 0.0104. The molecular weight excluding hydrogens is 126 g/mol. The fraction of sp³-hybridized carbons (Fsp3) is 0.250. The van der Waals surface area contributed by atoms with Crippen molar-refractivity contribution in [2.24, 2.45) is 5.92 Å². The third-order valence-corrected chi connectivity index (χ3v) is 1.75. The molecule has 0 aromatic rings. The Kier molecular flexibility index (Phi) is 1.07. The number of hydrogen-bond acceptors (Lipinski definition) is 1. The lowest BCUT2D eigenvalue weighted by atomic mass is 9.98. The second-order valence-corrected chi connectivity index (χ2v) is 2.49. The fourth-order valence-corrected chi connectivity index (χ4v) is 1.25. The van der Waals surface area contributed by atoms with Gasteiger partial charge in [0.1, 0.15) is 4.99 Å². The van der Waals surface area contributed by atoms with Gasteiger partial charge in [-0.3, -0.25) is 0 Å². The van der Waals surface area contributed by atoms with Gasteiger partial charge in [-0.05, 0) is 0 Å². The van der Waals surface area contributed by atoms with Crippen LogP contribution in [0.1, 0.15) is 6.42 Å². The maximum Gasteiger partial charge on any atom is 0.452 e. The number of amides is 1. The minimum Gasteiger partial charge on any atom is -0.213 e. The molecule has 0 aromatic carbocycles. The average Bonchev–Trinajstić information content (AvgIpc) is 2.27. The summed E-state index contributed by atoms with van der Waals surface area (Å²) in [5, 5.41) is 0. The van der Waals surface area contributed by atoms with Crippen LogP contribution < -0.4 is 4.99 Å². The van der Waals surface area contributed by atoms with Crippen molar-refractivity contribution < 1.29 is 4.79 Å². The molecule has 0 saturated heterocycles. The first-order chi connectivity index (χ1) is 4.86. The van der Waals surface area contributed by atoms with Crippen LogP contribution in [-0.2, 0) is 4.79 Å². The summed E-state index contributed by atoms with van der Waals surface area (Å²) in [5.74, 6) is 0.286. The molecule has 1 heterocycles. The van der Waals surface area contributed by atoms with E-state index in [4.69, 9.17) is 0 Å². The van der Waals surface area contributed by atoms with Gasteiger partial charge in [0.25, 0.3) is 5.71 Å². The molecule has 0 spiro atoms. The Bertz CT molecular complexity index is 260. The molecule has 0 N–H and O–H groups in total. The SMILES string of the molecule is O=C1CC2C=CC=CC2=[N+]1. The van der Waals surface area contributed by atoms with E-state index in [1.807, 2.05) is 24.3 Å². The number of carbonyl (C=O) groups is 1. The van der Waals surface area contributed by atoms with Crippen molar-refractivity contribution in [1.82, 2.24) is 4.99 Å². The smallest absolute Gasteiger partial charge is 0.213 e. The fourth-order valence-electron chi connectivity index (χ4n) is 1.25. The van der Waals surface area contributed by atoms with Crippen LogP contribution in [0.5, 0.6) is 0 Å². The van der Waals surface area contributed by atoms with E-state index in [9.17, 15) is 4.79 Å². The zero-order chi connectivity index (χ0) is 6.97. The van der Waals surface area contributed by atoms with Crippen LogP contribution in [0, 0.1) is 5.92 Å². The van der Waals surface area contributed by atoms with Crippen molar-refractivity contribution in [3.63, 3.8) is 0 Å². The predicted molar refractivity (Wildman–Crippen MR) is 38.5 cm³/mol. The molecule has 0 fully saturated rings. The zero-order valence-electron chi connectivity index (χ0n) is 5.45. The quantitative estimate of drug-likeness (QED) is 0.471. The Balaban J connectivity index is 2.37. The van der Waals surface area contributed by atoms with Gasteiger partial charge in [0.15, 0.2) is 0 Å². The van der Waals surface area contributed by atoms with Gasteiger partial charge in [0.05, 0.1) is 12.3 Å². The number of hydrogen-bond donors (Lipinski definition) is 0. The molecule has 1 radical (unpaired) electrons. The highest BCUT2D eigenvalue weighted by Crippen LogP contribution is 2.16. The molecule has 2 rings (SSSR count). The monoisotopic (exact) mass is 133 g/mol. The summed E-state index contributed by atoms with van der Waals surface area (Å²) < 4.78 is 0. The van der Waals surface area contributed by atoms with Crippen molar-refractivity contribution in [3.05, 3.63) is 24.3 Å². The summed E-state index contributed by atoms with van der Waals surface area (Å²) in [5.41, 5.74) is 0.924. The molecule has 1 aliphatic carbocycles. The summed E-state index contributed by atoms with van der Waals surface area (Å²) >= 11 is 0. The molecule has 1 amide bonds. The lowest BCUT2D eigenvalue weighted by molar-refractivity contribution is -0.118. The number of allylic oxidation sites excluding steroid dienone is 4. The van der Waals surface area contributed by atoms with E-state index in [1.165, 1.54) is 0 Å². The van der Waals surface area contributed by atoms with E-state index in [0.29, 0.717) is 6.42 Å². The number of fused-ring (bicyclic) bond motifs is 1. The van der Waals surface area contributed by atoms with Gasteiger partial charge in [-0.15, -0.1) is 0 Å². The topological polar surface area (TPSA) is 31.2 Å². The Hall–Kier alpha value is -1.18. The largest absolute Gasteiger partial charge is 0.452 e. The molecule has 1 aliphatic heterocycles. The lowest BCUT2D eigenvalue weighted by Gasteiger charge is -1.96. The molecule has 0 bridgehead atoms. The molecule has 10 heavy (non-hydrogen) atoms. The van der Waals surface area contributed by atoms with E-state index < -0.39 is 0 Å². The van der Waals surface area contributed by atoms with E-state index in [1.54, 1.807) is 0 Å². The van der Waals surface area contributed by atoms with E-state index in [-0.39, 0.29) is 11.8 Å². The molecular formula is C8H7NO+. The molecule has 2 aliphatic rings. The standard InChI is InChI=1S/C8H7NO/c10-8-5-6-3-1-2-4-7(6)9-8/h1-4,6H,5H2/q+1. The highest BCUT2D eigenvalue weighted by atomic mass is 16.1. The Labute approximate surface area is 59.0 Å². The number of aliphatic imine (C=N–C) groups is 1. The van der Waals surface area contributed by atoms with Crippen molar-refractivity contribution in [2.45, 2.75) is 6.42 Å². The second kappa shape index (κ2) is 1.90. The van der Waals surface area contributed by atoms with Crippen LogP contribution in [0.3, 0.4) is 0 Å². The van der Waals surface area contributed by atoms with Gasteiger partial charge < -0.3 is 0 Å². The van der Waals surface area contributed by atoms with Crippen LogP contribution in [0.15, 0.2) is 24.3 Å². The van der Waals surface area contributed by atoms with Gasteiger partial charge in [-0.2, -0.15) is 0 Å². The highest BCUT2D eigenvalue weighted by molar-refractivity contribution is 6.09. The third kappa shape index (κ3) is 0.727. The zero-order valence-corrected chi connectivity index (χ0v) is 5.45. The molecule has 1 unspecified atom stereocenters. The predicted octanol–water partition coefficient (Wildman–Crippen LogP) is 0.436. The molecule has 1 atom stereocenters. The van der Waals surface area contributed by atoms with Gasteiger partial charge in [-0.25, -0.2) is 4.79 Å². The Morgan fingerprint density at radius 1 is 1.50 bits per heavy atom. The highest BCUT2D eigenvalue weighted by Gasteiger charge is 2.36. The summed E-state index contributed by atoms with van der Waals surface area (Å²) in [4.78, 5) is 14.6. The van der Waals surface area contributed by atoms with Crippen molar-refractivity contribution >= 4 is 11.6 Å². The van der Waals surface area contributed by atoms with Crippen molar-refractivity contribution in [2.75, 3.05) is 0 Å². The van der Waals surface area contributed by atoms with E-state index >= 15 is 0 Å². The number of nitrogens with zero attached hydrogens (tertiary/aromatic N) is 1. The van der Waals surface area contributed by atoms with Crippen molar-refractivity contribution in [3.8, 4) is 0 Å². The minimum absolute atomic E-state index is 0.0104. The first kappa shape index (κ1) is 5.59. The van der Waals surface area contributed by atoms with Gasteiger partial charge in [0, 0.05) is 6.08 Å². The van der Waals surface area contributed by atoms with Crippen LogP contribution in [0.2, 0.25) is 0 Å². The normalized spacial score (nSPS) is 28.6. The van der Waals surface area contributed by atoms with Gasteiger partial charge in [-0.1, -0.05) is 18.2 Å². The molecule has 2 heteroatoms. The maximum atomic E-state index is 10.8. The van der Waals surface area contributed by atoms with E-state index in [0.717, 1.165) is 5.71 Å². The number of rotatable bonds is 0. The Morgan fingerprint density at radius 3 is 3.20 bits per heavy atom. The summed E-state index contributed by atoms with van der Waals surface area (Å²) in [6.07, 6.45) is 8.35. The van der Waals surface area contributed by atoms with E-state index in [2.05, 4.69) is 4.99 Å². The second-order valence-electron chi connectivity index (χ2n) is 2.49. The summed E-state index contributed by atoms with van der Waals surface area (Å²) in [6.45, 7) is 0. The maximum absolute atomic E-state index is 10.8. The molecule has 0 aromatic heterocycles. The van der Waals surface area contributed by atoms with Crippen molar-refractivity contribution in [1.29, 1.82) is 0 Å². The van der Waals surface area contributed by atoms with Crippen LogP contribution >= 0.6 is 0 Å². The lowest BCUT2D eigenvalue weighted by Crippen LogP contribution is -2.07.